The maximum absolute atomic E-state index is 12.5. The summed E-state index contributed by atoms with van der Waals surface area (Å²) in [6.45, 7) is 5.96. The van der Waals surface area contributed by atoms with Crippen LogP contribution in [-0.4, -0.2) is 35.6 Å². The first-order valence-corrected chi connectivity index (χ1v) is 9.41. The van der Waals surface area contributed by atoms with Crippen molar-refractivity contribution in [3.05, 3.63) is 58.4 Å². The van der Waals surface area contributed by atoms with E-state index in [4.69, 9.17) is 0 Å². The van der Waals surface area contributed by atoms with Crippen LogP contribution >= 0.6 is 11.8 Å². The molecule has 0 aliphatic carbocycles. The lowest BCUT2D eigenvalue weighted by molar-refractivity contribution is -0.387. The molecule has 10 nitrogen and oxygen atoms in total. The van der Waals surface area contributed by atoms with Gasteiger partial charge in [0.25, 0.3) is 11.6 Å². The molecule has 0 aliphatic rings. The van der Waals surface area contributed by atoms with E-state index < -0.39 is 10.8 Å². The monoisotopic (exact) mass is 413 g/mol. The van der Waals surface area contributed by atoms with Gasteiger partial charge in [0.2, 0.25) is 0 Å². The minimum absolute atomic E-state index is 0.152. The van der Waals surface area contributed by atoms with E-state index in [1.165, 1.54) is 36.9 Å². The predicted molar refractivity (Wildman–Crippen MR) is 107 cm³/mol. The normalized spacial score (nSPS) is 11.3. The number of rotatable bonds is 5. The molecule has 1 aromatic carbocycles. The first-order chi connectivity index (χ1) is 13.6. The van der Waals surface area contributed by atoms with Crippen LogP contribution < -0.4 is 5.32 Å². The van der Waals surface area contributed by atoms with Gasteiger partial charge in [0.05, 0.1) is 27.9 Å². The van der Waals surface area contributed by atoms with Crippen LogP contribution in [0.15, 0.2) is 47.0 Å². The molecule has 11 heteroatoms. The van der Waals surface area contributed by atoms with Crippen LogP contribution in [0.1, 0.15) is 37.0 Å². The fraction of sp³-hybridized carbons (Fsp3) is 0.278. The summed E-state index contributed by atoms with van der Waals surface area (Å²) in [5, 5.41) is 22.3. The van der Waals surface area contributed by atoms with E-state index in [1.54, 1.807) is 11.6 Å². The minimum Gasteiger partial charge on any atom is -0.319 e. The molecule has 2 aromatic heterocycles. The Balaban J connectivity index is 1.81. The molecule has 0 radical (unpaired) electrons. The van der Waals surface area contributed by atoms with Crippen LogP contribution in [0, 0.1) is 10.1 Å². The molecule has 150 valence electrons. The van der Waals surface area contributed by atoms with E-state index in [-0.39, 0.29) is 16.7 Å². The zero-order valence-corrected chi connectivity index (χ0v) is 17.1. The second-order valence-corrected chi connectivity index (χ2v) is 8.27. The number of hydrogen-bond acceptors (Lipinski definition) is 8. The van der Waals surface area contributed by atoms with Crippen LogP contribution in [-0.2, 0) is 12.5 Å². The Kier molecular flexibility index (Phi) is 5.59. The minimum atomic E-state index is -0.531. The molecule has 0 unspecified atom stereocenters. The van der Waals surface area contributed by atoms with E-state index in [2.05, 4.69) is 25.5 Å². The lowest BCUT2D eigenvalue weighted by Crippen LogP contribution is -2.17. The average molecular weight is 413 g/mol. The van der Waals surface area contributed by atoms with E-state index in [0.717, 1.165) is 11.8 Å². The van der Waals surface area contributed by atoms with Gasteiger partial charge in [-0.3, -0.25) is 14.9 Å². The molecule has 0 fully saturated rings. The van der Waals surface area contributed by atoms with Gasteiger partial charge in [-0.05, 0) is 23.9 Å². The SMILES string of the molecule is Cn1cnnc1Sc1ccc(C(=O)Nc2cnc(C(C)(C)C)nc2)cc1[N+](=O)[O-]. The lowest BCUT2D eigenvalue weighted by Gasteiger charge is -2.16. The maximum atomic E-state index is 12.5. The number of carbonyl (C=O) groups excluding carboxylic acids is 1. The Labute approximate surface area is 170 Å². The maximum Gasteiger partial charge on any atom is 0.284 e. The molecule has 1 amide bonds. The summed E-state index contributed by atoms with van der Waals surface area (Å²) in [7, 11) is 1.74. The molecule has 3 aromatic rings. The standard InChI is InChI=1S/C18H19N7O3S/c1-18(2,3)16-19-8-12(9-20-16)22-15(26)11-5-6-14(13(7-11)25(27)28)29-17-23-21-10-24(17)4/h5-10H,1-4H3,(H,22,26). The highest BCUT2D eigenvalue weighted by atomic mass is 32.2. The van der Waals surface area contributed by atoms with Gasteiger partial charge in [0.1, 0.15) is 12.2 Å². The molecule has 0 bridgehead atoms. The van der Waals surface area contributed by atoms with Gasteiger partial charge in [0, 0.05) is 24.1 Å². The molecule has 3 rings (SSSR count). The summed E-state index contributed by atoms with van der Waals surface area (Å²) in [4.78, 5) is 32.4. The average Bonchev–Trinajstić information content (AvgIpc) is 3.06. The Morgan fingerprint density at radius 1 is 1.24 bits per heavy atom. The topological polar surface area (TPSA) is 129 Å². The van der Waals surface area contributed by atoms with Gasteiger partial charge in [-0.15, -0.1) is 10.2 Å². The molecule has 0 atom stereocenters. The third-order valence-corrected chi connectivity index (χ3v) is 4.99. The number of amides is 1. The number of nitrogens with zero attached hydrogens (tertiary/aromatic N) is 6. The predicted octanol–water partition coefficient (Wildman–Crippen LogP) is 3.21. The van der Waals surface area contributed by atoms with E-state index in [0.29, 0.717) is 21.6 Å². The van der Waals surface area contributed by atoms with E-state index in [1.807, 2.05) is 20.8 Å². The molecule has 2 heterocycles. The Morgan fingerprint density at radius 2 is 1.93 bits per heavy atom. The second-order valence-electron chi connectivity index (χ2n) is 7.27. The number of nitro groups is 1. The zero-order chi connectivity index (χ0) is 21.2. The smallest absolute Gasteiger partial charge is 0.284 e. The van der Waals surface area contributed by atoms with Gasteiger partial charge < -0.3 is 9.88 Å². The van der Waals surface area contributed by atoms with E-state index in [9.17, 15) is 14.9 Å². The van der Waals surface area contributed by atoms with Crippen LogP contribution in [0.5, 0.6) is 0 Å². The molecule has 29 heavy (non-hydrogen) atoms. The highest BCUT2D eigenvalue weighted by molar-refractivity contribution is 7.99. The quantitative estimate of drug-likeness (QED) is 0.499. The summed E-state index contributed by atoms with van der Waals surface area (Å²) in [5.41, 5.74) is 0.159. The Hall–Kier alpha value is -3.34. The number of anilines is 1. The van der Waals surface area contributed by atoms with Crippen molar-refractivity contribution in [2.24, 2.45) is 7.05 Å². The number of aryl methyl sites for hydroxylation is 1. The van der Waals surface area contributed by atoms with Crippen LogP contribution in [0.3, 0.4) is 0 Å². The van der Waals surface area contributed by atoms with Crippen LogP contribution in [0.25, 0.3) is 0 Å². The van der Waals surface area contributed by atoms with Crippen molar-refractivity contribution in [2.45, 2.75) is 36.2 Å². The molecular weight excluding hydrogens is 394 g/mol. The van der Waals surface area contributed by atoms with Crippen LogP contribution in [0.2, 0.25) is 0 Å². The summed E-state index contributed by atoms with van der Waals surface area (Å²) in [6.07, 6.45) is 4.53. The second kappa shape index (κ2) is 7.95. The van der Waals surface area contributed by atoms with Crippen molar-refractivity contribution in [1.82, 2.24) is 24.7 Å². The summed E-state index contributed by atoms with van der Waals surface area (Å²) in [6, 6.07) is 4.27. The molecule has 0 saturated carbocycles. The van der Waals surface area contributed by atoms with Crippen molar-refractivity contribution in [3.63, 3.8) is 0 Å². The van der Waals surface area contributed by atoms with Gasteiger partial charge in [-0.2, -0.15) is 0 Å². The number of benzene rings is 1. The van der Waals surface area contributed by atoms with Gasteiger partial charge in [0.15, 0.2) is 5.16 Å². The summed E-state index contributed by atoms with van der Waals surface area (Å²) in [5.74, 6) is 0.159. The van der Waals surface area contributed by atoms with Crippen molar-refractivity contribution in [1.29, 1.82) is 0 Å². The first kappa shape index (κ1) is 20.4. The van der Waals surface area contributed by atoms with Crippen molar-refractivity contribution in [2.75, 3.05) is 5.32 Å². The lowest BCUT2D eigenvalue weighted by atomic mass is 9.96. The van der Waals surface area contributed by atoms with Crippen LogP contribution in [0.4, 0.5) is 11.4 Å². The third kappa shape index (κ3) is 4.74. The van der Waals surface area contributed by atoms with Gasteiger partial charge in [-0.1, -0.05) is 20.8 Å². The van der Waals surface area contributed by atoms with Gasteiger partial charge >= 0.3 is 0 Å². The highest BCUT2D eigenvalue weighted by Crippen LogP contribution is 2.34. The highest BCUT2D eigenvalue weighted by Gasteiger charge is 2.21. The number of aromatic nitrogens is 5. The molecule has 0 saturated heterocycles. The molecular formula is C18H19N7O3S. The number of hydrogen-bond donors (Lipinski definition) is 1. The Bertz CT molecular complexity index is 1060. The fourth-order valence-corrected chi connectivity index (χ4v) is 3.18. The molecule has 0 aliphatic heterocycles. The Morgan fingerprint density at radius 3 is 2.48 bits per heavy atom. The largest absolute Gasteiger partial charge is 0.319 e. The number of carbonyl (C=O) groups is 1. The fourth-order valence-electron chi connectivity index (χ4n) is 2.33. The number of nitrogens with one attached hydrogen (secondary N) is 1. The van der Waals surface area contributed by atoms with E-state index >= 15 is 0 Å². The number of nitro benzene ring substituents is 1. The summed E-state index contributed by atoms with van der Waals surface area (Å²) < 4.78 is 1.65. The van der Waals surface area contributed by atoms with Gasteiger partial charge in [-0.25, -0.2) is 9.97 Å². The third-order valence-electron chi connectivity index (χ3n) is 3.87. The first-order valence-electron chi connectivity index (χ1n) is 8.59. The van der Waals surface area contributed by atoms with Crippen molar-refractivity contribution >= 4 is 29.0 Å². The van der Waals surface area contributed by atoms with Crippen molar-refractivity contribution in [3.8, 4) is 0 Å². The zero-order valence-electron chi connectivity index (χ0n) is 16.3. The van der Waals surface area contributed by atoms with Crippen molar-refractivity contribution < 1.29 is 9.72 Å². The molecule has 0 spiro atoms. The molecule has 1 N–H and O–H groups in total. The summed E-state index contributed by atoms with van der Waals surface area (Å²) >= 11 is 1.10.